The summed E-state index contributed by atoms with van der Waals surface area (Å²) in [5, 5.41) is 13.5. The molecule has 0 unspecified atom stereocenters. The number of fused-ring (bicyclic) bond motifs is 1. The van der Waals surface area contributed by atoms with Crippen LogP contribution in [-0.4, -0.2) is 34.8 Å². The molecule has 1 aliphatic rings. The van der Waals surface area contributed by atoms with Gasteiger partial charge in [-0.1, -0.05) is 23.7 Å². The number of piperidine rings is 1. The van der Waals surface area contributed by atoms with Crippen LogP contribution in [0.3, 0.4) is 0 Å². The summed E-state index contributed by atoms with van der Waals surface area (Å²) < 4.78 is 0. The molecule has 1 aliphatic heterocycles. The van der Waals surface area contributed by atoms with Gasteiger partial charge in [-0.2, -0.15) is 0 Å². The molecule has 0 radical (unpaired) electrons. The summed E-state index contributed by atoms with van der Waals surface area (Å²) >= 11 is 7.66. The van der Waals surface area contributed by atoms with Crippen molar-refractivity contribution >= 4 is 39.0 Å². The molecule has 1 fully saturated rings. The molecule has 6 heteroatoms. The van der Waals surface area contributed by atoms with Crippen molar-refractivity contribution in [2.45, 2.75) is 12.8 Å². The first kappa shape index (κ1) is 15.8. The lowest BCUT2D eigenvalue weighted by molar-refractivity contribution is 0.208. The van der Waals surface area contributed by atoms with Gasteiger partial charge in [0, 0.05) is 35.7 Å². The molecule has 0 spiro atoms. The minimum absolute atomic E-state index is 0.235. The van der Waals surface area contributed by atoms with Gasteiger partial charge < -0.3 is 10.0 Å². The van der Waals surface area contributed by atoms with E-state index in [2.05, 4.69) is 20.2 Å². The summed E-state index contributed by atoms with van der Waals surface area (Å²) in [6.45, 7) is 2.05. The number of aliphatic hydroxyl groups excluding tert-OH is 1. The van der Waals surface area contributed by atoms with Crippen molar-refractivity contribution in [3.05, 3.63) is 41.0 Å². The van der Waals surface area contributed by atoms with Crippen LogP contribution in [0.25, 0.3) is 21.3 Å². The molecular weight excluding hydrogens is 342 g/mol. The maximum atomic E-state index is 9.52. The quantitative estimate of drug-likeness (QED) is 0.760. The minimum atomic E-state index is 0.235. The number of nitrogens with zero attached hydrogens (tertiary/aromatic N) is 3. The summed E-state index contributed by atoms with van der Waals surface area (Å²) in [6, 6.07) is 7.89. The third-order valence-electron chi connectivity index (χ3n) is 4.58. The molecule has 3 heterocycles. The fraction of sp³-hybridized carbons (Fsp3) is 0.333. The van der Waals surface area contributed by atoms with Crippen LogP contribution in [-0.2, 0) is 0 Å². The molecule has 1 N–H and O–H groups in total. The predicted molar refractivity (Wildman–Crippen MR) is 99.9 cm³/mol. The Hall–Kier alpha value is -1.69. The van der Waals surface area contributed by atoms with Crippen molar-refractivity contribution < 1.29 is 5.11 Å². The lowest BCUT2D eigenvalue weighted by atomic mass is 9.98. The topological polar surface area (TPSA) is 49.2 Å². The SMILES string of the molecule is OC[C@@H]1CCCN(c2ncnc3scc(-c4ccc(Cl)cc4)c23)C1. The van der Waals surface area contributed by atoms with Crippen LogP contribution in [0.2, 0.25) is 5.02 Å². The van der Waals surface area contributed by atoms with Gasteiger partial charge in [0.25, 0.3) is 0 Å². The van der Waals surface area contributed by atoms with Gasteiger partial charge in [0.2, 0.25) is 0 Å². The molecular formula is C18H18ClN3OS. The Kier molecular flexibility index (Phi) is 4.39. The Labute approximate surface area is 149 Å². The van der Waals surface area contributed by atoms with Crippen LogP contribution in [0.1, 0.15) is 12.8 Å². The molecule has 1 saturated heterocycles. The van der Waals surface area contributed by atoms with E-state index in [4.69, 9.17) is 11.6 Å². The van der Waals surface area contributed by atoms with Crippen molar-refractivity contribution in [3.63, 3.8) is 0 Å². The van der Waals surface area contributed by atoms with Crippen LogP contribution in [0.4, 0.5) is 5.82 Å². The summed E-state index contributed by atoms with van der Waals surface area (Å²) in [4.78, 5) is 12.3. The summed E-state index contributed by atoms with van der Waals surface area (Å²) in [5.41, 5.74) is 2.27. The van der Waals surface area contributed by atoms with Crippen LogP contribution < -0.4 is 4.90 Å². The lowest BCUT2D eigenvalue weighted by Crippen LogP contribution is -2.37. The van der Waals surface area contributed by atoms with E-state index in [-0.39, 0.29) is 6.61 Å². The molecule has 1 atom stereocenters. The Balaban J connectivity index is 1.81. The van der Waals surface area contributed by atoms with Gasteiger partial charge in [0.05, 0.1) is 5.39 Å². The number of hydrogen-bond donors (Lipinski definition) is 1. The lowest BCUT2D eigenvalue weighted by Gasteiger charge is -2.33. The highest BCUT2D eigenvalue weighted by atomic mass is 35.5. The monoisotopic (exact) mass is 359 g/mol. The van der Waals surface area contributed by atoms with Crippen molar-refractivity contribution in [1.82, 2.24) is 9.97 Å². The van der Waals surface area contributed by atoms with Gasteiger partial charge in [-0.05, 0) is 36.5 Å². The second-order valence-electron chi connectivity index (χ2n) is 6.17. The number of hydrogen-bond acceptors (Lipinski definition) is 5. The number of thiophene rings is 1. The molecule has 4 rings (SSSR count). The number of anilines is 1. The highest BCUT2D eigenvalue weighted by Crippen LogP contribution is 2.39. The van der Waals surface area contributed by atoms with Crippen LogP contribution >= 0.6 is 22.9 Å². The Morgan fingerprint density at radius 2 is 2.08 bits per heavy atom. The Bertz CT molecular complexity index is 849. The third-order valence-corrected chi connectivity index (χ3v) is 5.72. The molecule has 1 aromatic carbocycles. The van der Waals surface area contributed by atoms with E-state index in [1.165, 1.54) is 0 Å². The van der Waals surface area contributed by atoms with Gasteiger partial charge in [-0.25, -0.2) is 9.97 Å². The van der Waals surface area contributed by atoms with Gasteiger partial charge in [-0.15, -0.1) is 11.3 Å². The maximum absolute atomic E-state index is 9.52. The van der Waals surface area contributed by atoms with Crippen molar-refractivity contribution in [2.75, 3.05) is 24.6 Å². The van der Waals surface area contributed by atoms with E-state index in [9.17, 15) is 5.11 Å². The van der Waals surface area contributed by atoms with E-state index in [0.717, 1.165) is 58.1 Å². The van der Waals surface area contributed by atoms with E-state index in [1.807, 2.05) is 24.3 Å². The minimum Gasteiger partial charge on any atom is -0.396 e. The molecule has 4 nitrogen and oxygen atoms in total. The highest BCUT2D eigenvalue weighted by molar-refractivity contribution is 7.17. The molecule has 2 aromatic heterocycles. The fourth-order valence-corrected chi connectivity index (χ4v) is 4.38. The third kappa shape index (κ3) is 2.88. The number of aromatic nitrogens is 2. The predicted octanol–water partition coefficient (Wildman–Crippen LogP) is 4.22. The highest BCUT2D eigenvalue weighted by Gasteiger charge is 2.23. The van der Waals surface area contributed by atoms with Crippen molar-refractivity contribution in [3.8, 4) is 11.1 Å². The average molecular weight is 360 g/mol. The van der Waals surface area contributed by atoms with E-state index in [1.54, 1.807) is 17.7 Å². The van der Waals surface area contributed by atoms with Crippen LogP contribution in [0, 0.1) is 5.92 Å². The molecule has 3 aromatic rings. The fourth-order valence-electron chi connectivity index (χ4n) is 3.35. The number of halogens is 1. The standard InChI is InChI=1S/C18H18ClN3OS/c19-14-5-3-13(4-6-14)15-10-24-18-16(15)17(20-11-21-18)22-7-1-2-12(8-22)9-23/h3-6,10-12,23H,1-2,7-9H2/t12-/m1/s1. The smallest absolute Gasteiger partial charge is 0.141 e. The molecule has 0 aliphatic carbocycles. The van der Waals surface area contributed by atoms with Crippen molar-refractivity contribution in [2.24, 2.45) is 5.92 Å². The number of aliphatic hydroxyl groups is 1. The normalized spacial score (nSPS) is 18.2. The van der Waals surface area contributed by atoms with E-state index in [0.29, 0.717) is 5.92 Å². The summed E-state index contributed by atoms with van der Waals surface area (Å²) in [5.74, 6) is 1.30. The van der Waals surface area contributed by atoms with Gasteiger partial charge in [0.15, 0.2) is 0 Å². The molecule has 0 amide bonds. The first-order chi connectivity index (χ1) is 11.8. The second kappa shape index (κ2) is 6.67. The molecule has 24 heavy (non-hydrogen) atoms. The zero-order valence-electron chi connectivity index (χ0n) is 13.2. The number of benzene rings is 1. The van der Waals surface area contributed by atoms with Gasteiger partial charge >= 0.3 is 0 Å². The van der Waals surface area contributed by atoms with Gasteiger partial charge in [-0.3, -0.25) is 0 Å². The zero-order chi connectivity index (χ0) is 16.5. The van der Waals surface area contributed by atoms with E-state index >= 15 is 0 Å². The zero-order valence-corrected chi connectivity index (χ0v) is 14.7. The second-order valence-corrected chi connectivity index (χ2v) is 7.47. The van der Waals surface area contributed by atoms with Crippen molar-refractivity contribution in [1.29, 1.82) is 0 Å². The summed E-state index contributed by atoms with van der Waals surface area (Å²) in [6.07, 6.45) is 3.80. The van der Waals surface area contributed by atoms with E-state index < -0.39 is 0 Å². The first-order valence-electron chi connectivity index (χ1n) is 8.10. The van der Waals surface area contributed by atoms with Crippen LogP contribution in [0.15, 0.2) is 36.0 Å². The number of rotatable bonds is 3. The summed E-state index contributed by atoms with van der Waals surface area (Å²) in [7, 11) is 0. The molecule has 124 valence electrons. The molecule has 0 saturated carbocycles. The first-order valence-corrected chi connectivity index (χ1v) is 9.36. The van der Waals surface area contributed by atoms with Crippen LogP contribution in [0.5, 0.6) is 0 Å². The van der Waals surface area contributed by atoms with Gasteiger partial charge in [0.1, 0.15) is 17.0 Å². The molecule has 0 bridgehead atoms. The average Bonchev–Trinajstić information content (AvgIpc) is 3.06. The Morgan fingerprint density at radius 1 is 1.25 bits per heavy atom. The largest absolute Gasteiger partial charge is 0.396 e. The maximum Gasteiger partial charge on any atom is 0.141 e. The Morgan fingerprint density at radius 3 is 2.88 bits per heavy atom.